The maximum atomic E-state index is 13.1. The van der Waals surface area contributed by atoms with E-state index in [4.69, 9.17) is 0 Å². The van der Waals surface area contributed by atoms with Crippen molar-refractivity contribution >= 4 is 11.9 Å². The summed E-state index contributed by atoms with van der Waals surface area (Å²) >= 11 is 0. The van der Waals surface area contributed by atoms with Crippen LogP contribution in [0.5, 0.6) is 5.75 Å². The smallest absolute Gasteiger partial charge is 0.416 e. The fraction of sp³-hybridized carbons (Fsp3) is 0.276. The summed E-state index contributed by atoms with van der Waals surface area (Å²) in [7, 11) is 0. The van der Waals surface area contributed by atoms with Crippen molar-refractivity contribution in [3.8, 4) is 5.75 Å². The number of allylic oxidation sites excluding steroid dienone is 1. The van der Waals surface area contributed by atoms with Gasteiger partial charge in [0.2, 0.25) is 0 Å². The van der Waals surface area contributed by atoms with Crippen LogP contribution < -0.4 is 0 Å². The van der Waals surface area contributed by atoms with Gasteiger partial charge < -0.3 is 5.11 Å². The van der Waals surface area contributed by atoms with E-state index in [0.717, 1.165) is 24.1 Å². The van der Waals surface area contributed by atoms with Crippen LogP contribution in [0.2, 0.25) is 0 Å². The van der Waals surface area contributed by atoms with Crippen molar-refractivity contribution in [2.45, 2.75) is 51.6 Å². The lowest BCUT2D eigenvalue weighted by Gasteiger charge is -2.13. The Morgan fingerprint density at radius 2 is 1.71 bits per heavy atom. The van der Waals surface area contributed by atoms with Crippen LogP contribution in [0.1, 0.15) is 63.8 Å². The van der Waals surface area contributed by atoms with E-state index in [1.54, 1.807) is 0 Å². The summed E-state index contributed by atoms with van der Waals surface area (Å²) in [6.45, 7) is 3.60. The number of hydrogen-bond donors (Lipinski definition) is 1. The molecular formula is C29H27F3O2. The minimum atomic E-state index is -4.52. The summed E-state index contributed by atoms with van der Waals surface area (Å²) in [4.78, 5) is 12.5. The molecule has 4 rings (SSSR count). The highest BCUT2D eigenvalue weighted by atomic mass is 19.4. The molecular weight excluding hydrogens is 437 g/mol. The molecule has 2 nitrogen and oxygen atoms in total. The van der Waals surface area contributed by atoms with Crippen molar-refractivity contribution in [2.24, 2.45) is 0 Å². The van der Waals surface area contributed by atoms with Crippen LogP contribution in [0.15, 0.2) is 60.7 Å². The van der Waals surface area contributed by atoms with Gasteiger partial charge in [0.25, 0.3) is 0 Å². The van der Waals surface area contributed by atoms with Gasteiger partial charge >= 0.3 is 6.18 Å². The van der Waals surface area contributed by atoms with E-state index < -0.39 is 11.7 Å². The Bertz CT molecular complexity index is 1240. The maximum absolute atomic E-state index is 13.1. The van der Waals surface area contributed by atoms with E-state index in [2.05, 4.69) is 49.4 Å². The Morgan fingerprint density at radius 3 is 2.41 bits per heavy atom. The molecule has 0 fully saturated rings. The predicted molar refractivity (Wildman–Crippen MR) is 128 cm³/mol. The van der Waals surface area contributed by atoms with Crippen molar-refractivity contribution < 1.29 is 23.1 Å². The first kappa shape index (κ1) is 23.8. The molecule has 1 N–H and O–H groups in total. The quantitative estimate of drug-likeness (QED) is 0.402. The second-order valence-electron chi connectivity index (χ2n) is 9.08. The number of benzene rings is 3. The lowest BCUT2D eigenvalue weighted by atomic mass is 9.94. The molecule has 176 valence electrons. The second-order valence-corrected chi connectivity index (χ2v) is 9.08. The largest absolute Gasteiger partial charge is 0.507 e. The highest BCUT2D eigenvalue weighted by molar-refractivity contribution is 5.82. The Kier molecular flexibility index (Phi) is 6.65. The van der Waals surface area contributed by atoms with Gasteiger partial charge in [-0.15, -0.1) is 0 Å². The molecule has 0 aliphatic heterocycles. The standard InChI is InChI=1S/C29H27F3O2/c1-18-6-13-27-22(4-3-5-26(18)27)15-21-9-7-20(8-10-21)11-12-25(33)17-23-16-24(29(30,31)32)14-19(2)28(23)34/h3-10,13-14,16,18,34H,11-12,15,17H2,1-2H3. The zero-order chi connectivity index (χ0) is 24.5. The molecule has 0 aromatic heterocycles. The van der Waals surface area contributed by atoms with Gasteiger partial charge in [-0.3, -0.25) is 4.79 Å². The van der Waals surface area contributed by atoms with Gasteiger partial charge in [-0.25, -0.2) is 0 Å². The predicted octanol–water partition coefficient (Wildman–Crippen LogP) is 7.18. The second kappa shape index (κ2) is 9.49. The van der Waals surface area contributed by atoms with Crippen molar-refractivity contribution in [1.82, 2.24) is 0 Å². The molecule has 0 bridgehead atoms. The van der Waals surface area contributed by atoms with E-state index in [9.17, 15) is 23.1 Å². The number of phenolic OH excluding ortho intramolecular Hbond substituents is 1. The molecule has 0 radical (unpaired) electrons. The van der Waals surface area contributed by atoms with Crippen LogP contribution >= 0.6 is 0 Å². The number of rotatable bonds is 7. The number of aromatic hydroxyl groups is 1. The summed E-state index contributed by atoms with van der Waals surface area (Å²) in [6.07, 6.45) is 1.19. The fourth-order valence-corrected chi connectivity index (χ4v) is 4.51. The molecule has 3 aromatic rings. The summed E-state index contributed by atoms with van der Waals surface area (Å²) in [6, 6.07) is 16.3. The first-order chi connectivity index (χ1) is 16.1. The number of alkyl halides is 3. The number of hydrogen-bond acceptors (Lipinski definition) is 2. The van der Waals surface area contributed by atoms with Gasteiger partial charge in [-0.1, -0.05) is 61.5 Å². The SMILES string of the molecule is Cc1cc(C(F)(F)F)cc(CC(=O)CCc2ccc(Cc3cccc4c3C=CC4C)cc2)c1O. The lowest BCUT2D eigenvalue weighted by Crippen LogP contribution is -2.09. The van der Waals surface area contributed by atoms with E-state index in [1.165, 1.54) is 29.2 Å². The minimum Gasteiger partial charge on any atom is -0.507 e. The van der Waals surface area contributed by atoms with Crippen LogP contribution in [0.25, 0.3) is 6.08 Å². The van der Waals surface area contributed by atoms with Gasteiger partial charge in [0.1, 0.15) is 11.5 Å². The Balaban J connectivity index is 1.37. The molecule has 0 saturated carbocycles. The molecule has 5 heteroatoms. The van der Waals surface area contributed by atoms with Gasteiger partial charge in [-0.05, 0) is 71.2 Å². The number of aryl methyl sites for hydroxylation is 2. The average Bonchev–Trinajstić information content (AvgIpc) is 3.17. The van der Waals surface area contributed by atoms with E-state index in [-0.39, 0.29) is 35.5 Å². The van der Waals surface area contributed by atoms with Crippen LogP contribution in [-0.4, -0.2) is 10.9 Å². The molecule has 0 heterocycles. The third-order valence-corrected chi connectivity index (χ3v) is 6.48. The molecule has 0 spiro atoms. The Morgan fingerprint density at radius 1 is 1.00 bits per heavy atom. The Labute approximate surface area is 197 Å². The van der Waals surface area contributed by atoms with Crippen molar-refractivity contribution in [3.63, 3.8) is 0 Å². The minimum absolute atomic E-state index is 0.0198. The van der Waals surface area contributed by atoms with E-state index in [0.29, 0.717) is 12.3 Å². The highest BCUT2D eigenvalue weighted by Gasteiger charge is 2.32. The molecule has 0 amide bonds. The maximum Gasteiger partial charge on any atom is 0.416 e. The average molecular weight is 465 g/mol. The van der Waals surface area contributed by atoms with Gasteiger partial charge in [0, 0.05) is 18.4 Å². The third kappa shape index (κ3) is 5.24. The van der Waals surface area contributed by atoms with Crippen molar-refractivity contribution in [2.75, 3.05) is 0 Å². The lowest BCUT2D eigenvalue weighted by molar-refractivity contribution is -0.137. The van der Waals surface area contributed by atoms with Crippen LogP contribution in [0.4, 0.5) is 13.2 Å². The summed E-state index contributed by atoms with van der Waals surface area (Å²) in [5, 5.41) is 10.1. The molecule has 3 aromatic carbocycles. The zero-order valence-electron chi connectivity index (χ0n) is 19.2. The van der Waals surface area contributed by atoms with Crippen LogP contribution in [0, 0.1) is 6.92 Å². The van der Waals surface area contributed by atoms with Gasteiger partial charge in [-0.2, -0.15) is 13.2 Å². The Hall–Kier alpha value is -3.34. The monoisotopic (exact) mass is 464 g/mol. The van der Waals surface area contributed by atoms with Crippen molar-refractivity contribution in [3.05, 3.63) is 105 Å². The number of carbonyl (C=O) groups is 1. The number of fused-ring (bicyclic) bond motifs is 1. The first-order valence-corrected chi connectivity index (χ1v) is 11.4. The number of ketones is 1. The number of Topliss-reactive ketones (excluding diaryl/α,β-unsaturated/α-hetero) is 1. The number of carbonyl (C=O) groups excluding carboxylic acids is 1. The highest BCUT2D eigenvalue weighted by Crippen LogP contribution is 2.35. The third-order valence-electron chi connectivity index (χ3n) is 6.48. The van der Waals surface area contributed by atoms with Gasteiger partial charge in [0.05, 0.1) is 5.56 Å². The molecule has 34 heavy (non-hydrogen) atoms. The normalized spacial score (nSPS) is 14.9. The zero-order valence-corrected chi connectivity index (χ0v) is 19.2. The topological polar surface area (TPSA) is 37.3 Å². The van der Waals surface area contributed by atoms with E-state index >= 15 is 0 Å². The van der Waals surface area contributed by atoms with Gasteiger partial charge in [0.15, 0.2) is 0 Å². The molecule has 1 aliphatic rings. The fourth-order valence-electron chi connectivity index (χ4n) is 4.51. The number of halogens is 3. The number of phenols is 1. The summed E-state index contributed by atoms with van der Waals surface area (Å²) in [5.41, 5.74) is 5.41. The summed E-state index contributed by atoms with van der Waals surface area (Å²) < 4.78 is 39.2. The van der Waals surface area contributed by atoms with E-state index in [1.807, 2.05) is 12.1 Å². The molecule has 1 unspecified atom stereocenters. The van der Waals surface area contributed by atoms with Crippen molar-refractivity contribution in [1.29, 1.82) is 0 Å². The van der Waals surface area contributed by atoms with Crippen LogP contribution in [-0.2, 0) is 30.2 Å². The molecule has 1 aliphatic carbocycles. The van der Waals surface area contributed by atoms with Crippen LogP contribution in [0.3, 0.4) is 0 Å². The molecule has 1 atom stereocenters. The molecule has 0 saturated heterocycles. The first-order valence-electron chi connectivity index (χ1n) is 11.4. The summed E-state index contributed by atoms with van der Waals surface area (Å²) in [5.74, 6) is -0.0159.